The molecule has 0 spiro atoms. The van der Waals surface area contributed by atoms with Crippen LogP contribution in [0.15, 0.2) is 6.20 Å². The summed E-state index contributed by atoms with van der Waals surface area (Å²) >= 11 is 0. The van der Waals surface area contributed by atoms with Crippen molar-refractivity contribution in [3.05, 3.63) is 23.3 Å². The van der Waals surface area contributed by atoms with Crippen molar-refractivity contribution in [3.8, 4) is 0 Å². The SMILES string of the molecule is CC(C)(C)OC(=O)N1CCc2cnc(CCN)nc2C1. The molecule has 0 bridgehead atoms. The van der Waals surface area contributed by atoms with Crippen LogP contribution in [0.1, 0.15) is 37.9 Å². The number of carbonyl (C=O) groups excluding carboxylic acids is 1. The molecule has 2 rings (SSSR count). The number of hydrogen-bond donors (Lipinski definition) is 1. The zero-order valence-electron chi connectivity index (χ0n) is 12.3. The third kappa shape index (κ3) is 3.66. The first-order valence-electron chi connectivity index (χ1n) is 6.91. The fraction of sp³-hybridized carbons (Fsp3) is 0.643. The van der Waals surface area contributed by atoms with Gasteiger partial charge in [-0.25, -0.2) is 14.8 Å². The number of hydrogen-bond acceptors (Lipinski definition) is 5. The molecular formula is C14H22N4O2. The van der Waals surface area contributed by atoms with Gasteiger partial charge in [-0.1, -0.05) is 0 Å². The summed E-state index contributed by atoms with van der Waals surface area (Å²) in [5.41, 5.74) is 7.04. The molecule has 0 aromatic carbocycles. The number of amides is 1. The van der Waals surface area contributed by atoms with Crippen molar-refractivity contribution in [2.24, 2.45) is 5.73 Å². The number of ether oxygens (including phenoxy) is 1. The van der Waals surface area contributed by atoms with Crippen molar-refractivity contribution in [2.75, 3.05) is 13.1 Å². The Balaban J connectivity index is 2.09. The number of rotatable bonds is 2. The Bertz CT molecular complexity index is 496. The molecule has 1 aliphatic heterocycles. The molecule has 1 aromatic rings. The van der Waals surface area contributed by atoms with Crippen LogP contribution >= 0.6 is 0 Å². The van der Waals surface area contributed by atoms with E-state index in [4.69, 9.17) is 10.5 Å². The average molecular weight is 278 g/mol. The van der Waals surface area contributed by atoms with Crippen LogP contribution < -0.4 is 5.73 Å². The van der Waals surface area contributed by atoms with Gasteiger partial charge in [0.15, 0.2) is 0 Å². The predicted octanol–water partition coefficient (Wildman–Crippen LogP) is 1.27. The molecule has 0 radical (unpaired) electrons. The lowest BCUT2D eigenvalue weighted by atomic mass is 10.1. The molecule has 0 fully saturated rings. The van der Waals surface area contributed by atoms with E-state index in [1.54, 1.807) is 4.90 Å². The summed E-state index contributed by atoms with van der Waals surface area (Å²) in [5, 5.41) is 0. The molecule has 0 unspecified atom stereocenters. The van der Waals surface area contributed by atoms with Gasteiger partial charge in [0.05, 0.1) is 12.2 Å². The van der Waals surface area contributed by atoms with Crippen molar-refractivity contribution in [2.45, 2.75) is 45.8 Å². The molecule has 6 heteroatoms. The molecule has 6 nitrogen and oxygen atoms in total. The standard InChI is InChI=1S/C14H22N4O2/c1-14(2,3)20-13(19)18-7-5-10-8-16-12(4-6-15)17-11(10)9-18/h8H,4-7,9,15H2,1-3H3. The van der Waals surface area contributed by atoms with Crippen molar-refractivity contribution in [3.63, 3.8) is 0 Å². The third-order valence-corrected chi connectivity index (χ3v) is 3.02. The quantitative estimate of drug-likeness (QED) is 0.881. The van der Waals surface area contributed by atoms with E-state index in [0.717, 1.165) is 23.5 Å². The van der Waals surface area contributed by atoms with E-state index in [1.807, 2.05) is 27.0 Å². The Kier molecular flexibility index (Phi) is 4.23. The van der Waals surface area contributed by atoms with Gasteiger partial charge in [-0.2, -0.15) is 0 Å². The Morgan fingerprint density at radius 2 is 2.25 bits per heavy atom. The second-order valence-electron chi connectivity index (χ2n) is 5.95. The van der Waals surface area contributed by atoms with E-state index in [1.165, 1.54) is 0 Å². The normalized spacial score (nSPS) is 14.9. The van der Waals surface area contributed by atoms with Gasteiger partial charge in [-0.05, 0) is 39.3 Å². The molecule has 1 amide bonds. The highest BCUT2D eigenvalue weighted by molar-refractivity contribution is 5.68. The molecule has 0 atom stereocenters. The highest BCUT2D eigenvalue weighted by Crippen LogP contribution is 2.19. The lowest BCUT2D eigenvalue weighted by Crippen LogP contribution is -2.40. The fourth-order valence-electron chi connectivity index (χ4n) is 2.08. The second kappa shape index (κ2) is 5.75. The summed E-state index contributed by atoms with van der Waals surface area (Å²) in [7, 11) is 0. The monoisotopic (exact) mass is 278 g/mol. The molecule has 20 heavy (non-hydrogen) atoms. The van der Waals surface area contributed by atoms with Crippen LogP contribution in [-0.4, -0.2) is 39.7 Å². The molecule has 0 saturated carbocycles. The number of carbonyl (C=O) groups is 1. The lowest BCUT2D eigenvalue weighted by molar-refractivity contribution is 0.0220. The first kappa shape index (κ1) is 14.7. The van der Waals surface area contributed by atoms with Crippen LogP contribution in [0.3, 0.4) is 0 Å². The molecule has 0 saturated heterocycles. The van der Waals surface area contributed by atoms with E-state index in [9.17, 15) is 4.79 Å². The smallest absolute Gasteiger partial charge is 0.410 e. The molecule has 110 valence electrons. The number of fused-ring (bicyclic) bond motifs is 1. The average Bonchev–Trinajstić information content (AvgIpc) is 2.36. The minimum atomic E-state index is -0.478. The Morgan fingerprint density at radius 1 is 1.50 bits per heavy atom. The summed E-state index contributed by atoms with van der Waals surface area (Å²) in [5.74, 6) is 0.734. The number of nitrogens with zero attached hydrogens (tertiary/aromatic N) is 3. The summed E-state index contributed by atoms with van der Waals surface area (Å²) < 4.78 is 5.39. The molecule has 0 aliphatic carbocycles. The van der Waals surface area contributed by atoms with Crippen LogP contribution in [0.5, 0.6) is 0 Å². The summed E-state index contributed by atoms with van der Waals surface area (Å²) in [4.78, 5) is 22.5. The minimum Gasteiger partial charge on any atom is -0.444 e. The minimum absolute atomic E-state index is 0.290. The zero-order valence-corrected chi connectivity index (χ0v) is 12.3. The van der Waals surface area contributed by atoms with Gasteiger partial charge >= 0.3 is 6.09 Å². The zero-order chi connectivity index (χ0) is 14.8. The fourth-order valence-corrected chi connectivity index (χ4v) is 2.08. The van der Waals surface area contributed by atoms with Crippen LogP contribution in [-0.2, 0) is 24.1 Å². The largest absolute Gasteiger partial charge is 0.444 e. The van der Waals surface area contributed by atoms with Crippen molar-refractivity contribution in [1.29, 1.82) is 0 Å². The maximum absolute atomic E-state index is 12.1. The first-order valence-corrected chi connectivity index (χ1v) is 6.91. The number of aromatic nitrogens is 2. The van der Waals surface area contributed by atoms with Gasteiger partial charge in [-0.3, -0.25) is 0 Å². The van der Waals surface area contributed by atoms with Gasteiger partial charge < -0.3 is 15.4 Å². The third-order valence-electron chi connectivity index (χ3n) is 3.02. The second-order valence-corrected chi connectivity index (χ2v) is 5.95. The van der Waals surface area contributed by atoms with Crippen LogP contribution in [0.25, 0.3) is 0 Å². The molecule has 1 aromatic heterocycles. The van der Waals surface area contributed by atoms with Crippen molar-refractivity contribution < 1.29 is 9.53 Å². The van der Waals surface area contributed by atoms with Crippen LogP contribution in [0, 0.1) is 0 Å². The van der Waals surface area contributed by atoms with Crippen LogP contribution in [0.2, 0.25) is 0 Å². The van der Waals surface area contributed by atoms with Gasteiger partial charge in [0.2, 0.25) is 0 Å². The van der Waals surface area contributed by atoms with Gasteiger partial charge in [0.25, 0.3) is 0 Å². The predicted molar refractivity (Wildman–Crippen MR) is 75.1 cm³/mol. The van der Waals surface area contributed by atoms with Gasteiger partial charge in [0.1, 0.15) is 11.4 Å². The maximum atomic E-state index is 12.1. The Morgan fingerprint density at radius 3 is 2.90 bits per heavy atom. The van der Waals surface area contributed by atoms with Crippen molar-refractivity contribution in [1.82, 2.24) is 14.9 Å². The van der Waals surface area contributed by atoms with Crippen LogP contribution in [0.4, 0.5) is 4.79 Å². The lowest BCUT2D eigenvalue weighted by Gasteiger charge is -2.30. The number of nitrogens with two attached hydrogens (primary N) is 1. The summed E-state index contributed by atoms with van der Waals surface area (Å²) in [6.45, 7) is 7.24. The van der Waals surface area contributed by atoms with E-state index < -0.39 is 5.60 Å². The molecule has 2 heterocycles. The Hall–Kier alpha value is -1.69. The summed E-state index contributed by atoms with van der Waals surface area (Å²) in [6, 6.07) is 0. The van der Waals surface area contributed by atoms with E-state index in [2.05, 4.69) is 9.97 Å². The molecule has 1 aliphatic rings. The van der Waals surface area contributed by atoms with Gasteiger partial charge in [-0.15, -0.1) is 0 Å². The highest BCUT2D eigenvalue weighted by Gasteiger charge is 2.26. The molecule has 2 N–H and O–H groups in total. The highest BCUT2D eigenvalue weighted by atomic mass is 16.6. The summed E-state index contributed by atoms with van der Waals surface area (Å²) in [6.07, 6.45) is 2.97. The van der Waals surface area contributed by atoms with Crippen molar-refractivity contribution >= 4 is 6.09 Å². The van der Waals surface area contributed by atoms with E-state index in [-0.39, 0.29) is 6.09 Å². The van der Waals surface area contributed by atoms with E-state index in [0.29, 0.717) is 26.1 Å². The first-order chi connectivity index (χ1) is 9.39. The molecular weight excluding hydrogens is 256 g/mol. The van der Waals surface area contributed by atoms with E-state index >= 15 is 0 Å². The van der Waals surface area contributed by atoms with Gasteiger partial charge in [0, 0.05) is 19.2 Å². The Labute approximate surface area is 119 Å². The topological polar surface area (TPSA) is 81.3 Å². The maximum Gasteiger partial charge on any atom is 0.410 e.